The topological polar surface area (TPSA) is 77.1 Å². The number of benzene rings is 2. The number of rotatable bonds is 5. The Bertz CT molecular complexity index is 1100. The number of carbonyl (C=O) groups is 2. The quantitative estimate of drug-likeness (QED) is 0.597. The van der Waals surface area contributed by atoms with E-state index in [1.54, 1.807) is 6.92 Å². The zero-order valence-electron chi connectivity index (χ0n) is 17.1. The summed E-state index contributed by atoms with van der Waals surface area (Å²) in [6, 6.07) is 17.9. The summed E-state index contributed by atoms with van der Waals surface area (Å²) in [5, 5.41) is 2.99. The lowest BCUT2D eigenvalue weighted by Crippen LogP contribution is -2.39. The van der Waals surface area contributed by atoms with Crippen LogP contribution in [-0.4, -0.2) is 29.3 Å². The van der Waals surface area contributed by atoms with E-state index in [0.717, 1.165) is 34.4 Å². The van der Waals surface area contributed by atoms with Gasteiger partial charge < -0.3 is 15.6 Å². The molecule has 0 saturated heterocycles. The molecule has 0 spiro atoms. The fourth-order valence-corrected chi connectivity index (χ4v) is 4.11. The van der Waals surface area contributed by atoms with Gasteiger partial charge in [0.25, 0.3) is 5.91 Å². The highest BCUT2D eigenvalue weighted by molar-refractivity contribution is 6.00. The molecule has 1 aromatic heterocycles. The third kappa shape index (κ3) is 3.91. The van der Waals surface area contributed by atoms with E-state index in [4.69, 9.17) is 5.73 Å². The molecule has 3 N–H and O–H groups in total. The molecule has 0 saturated carbocycles. The summed E-state index contributed by atoms with van der Waals surface area (Å²) in [6.07, 6.45) is 0.772. The van der Waals surface area contributed by atoms with Crippen molar-refractivity contribution in [3.8, 4) is 22.4 Å². The van der Waals surface area contributed by atoms with Crippen molar-refractivity contribution in [2.45, 2.75) is 26.3 Å². The predicted molar refractivity (Wildman–Crippen MR) is 122 cm³/mol. The van der Waals surface area contributed by atoms with Crippen molar-refractivity contribution in [2.75, 3.05) is 13.1 Å². The van der Waals surface area contributed by atoms with Crippen LogP contribution < -0.4 is 11.1 Å². The van der Waals surface area contributed by atoms with Crippen LogP contribution in [0.3, 0.4) is 0 Å². The number of Topliss-reactive ketones (excluding diaryl/α,β-unsaturated/α-hetero) is 1. The number of aromatic nitrogens is 1. The van der Waals surface area contributed by atoms with E-state index < -0.39 is 0 Å². The second kappa shape index (κ2) is 8.86. The van der Waals surface area contributed by atoms with Crippen LogP contribution in [0.4, 0.5) is 0 Å². The maximum absolute atomic E-state index is 12.7. The number of carbonyl (C=O) groups excluding carboxylic acids is 2. The van der Waals surface area contributed by atoms with Crippen molar-refractivity contribution in [1.82, 2.24) is 9.88 Å². The smallest absolute Gasteiger partial charge is 0.268 e. The first-order chi connectivity index (χ1) is 14.0. The Morgan fingerprint density at radius 3 is 2.57 bits per heavy atom. The van der Waals surface area contributed by atoms with Crippen molar-refractivity contribution >= 4 is 24.1 Å². The number of hydrogen-bond acceptors (Lipinski definition) is 3. The zero-order chi connectivity index (χ0) is 20.5. The van der Waals surface area contributed by atoms with Gasteiger partial charge in [0.15, 0.2) is 5.78 Å². The minimum Gasteiger partial charge on any atom is -0.349 e. The molecule has 1 atom stereocenters. The fourth-order valence-electron chi connectivity index (χ4n) is 4.11. The summed E-state index contributed by atoms with van der Waals surface area (Å²) in [4.78, 5) is 24.6. The average Bonchev–Trinajstić information content (AvgIpc) is 3.12. The van der Waals surface area contributed by atoms with Crippen LogP contribution in [0.25, 0.3) is 22.4 Å². The van der Waals surface area contributed by atoms with E-state index in [1.165, 1.54) is 0 Å². The number of halogens is 1. The Hall–Kier alpha value is -2.89. The molecule has 0 bridgehead atoms. The Labute approximate surface area is 182 Å². The van der Waals surface area contributed by atoms with E-state index in [1.807, 2.05) is 36.4 Å². The van der Waals surface area contributed by atoms with Crippen LogP contribution in [0.2, 0.25) is 0 Å². The van der Waals surface area contributed by atoms with Gasteiger partial charge in [-0.25, -0.2) is 0 Å². The third-order valence-electron chi connectivity index (χ3n) is 5.50. The van der Waals surface area contributed by atoms with Gasteiger partial charge in [-0.1, -0.05) is 42.0 Å². The number of nitrogens with one attached hydrogen (secondary N) is 1. The molecule has 3 aromatic rings. The predicted octanol–water partition coefficient (Wildman–Crippen LogP) is 4.39. The molecule has 30 heavy (non-hydrogen) atoms. The Morgan fingerprint density at radius 2 is 1.87 bits per heavy atom. The molecule has 0 fully saturated rings. The SMILES string of the molecule is CC(=O)c1cccc(-c2cc3n(c2-c2cccc(C)c2)C(CCN)CNC3=O)c1.Cl. The molecule has 0 radical (unpaired) electrons. The lowest BCUT2D eigenvalue weighted by Gasteiger charge is -2.28. The minimum absolute atomic E-state index is 0. The standard InChI is InChI=1S/C24H25N3O2.ClH/c1-15-5-3-8-19(11-15)23-21(18-7-4-6-17(12-18)16(2)28)13-22-24(29)26-14-20(9-10-25)27(22)23;/h3-8,11-13,20H,9-10,14,25H2,1-2H3,(H,26,29);1H. The lowest BCUT2D eigenvalue weighted by molar-refractivity contribution is 0.0913. The summed E-state index contributed by atoms with van der Waals surface area (Å²) in [5.41, 5.74) is 12.2. The molecule has 6 heteroatoms. The van der Waals surface area contributed by atoms with Crippen molar-refractivity contribution < 1.29 is 9.59 Å². The van der Waals surface area contributed by atoms with E-state index in [0.29, 0.717) is 24.3 Å². The Balaban J connectivity index is 0.00000256. The van der Waals surface area contributed by atoms with E-state index >= 15 is 0 Å². The maximum Gasteiger partial charge on any atom is 0.268 e. The fraction of sp³-hybridized carbons (Fsp3) is 0.250. The van der Waals surface area contributed by atoms with Crippen LogP contribution in [0.5, 0.6) is 0 Å². The largest absolute Gasteiger partial charge is 0.349 e. The summed E-state index contributed by atoms with van der Waals surface area (Å²) < 4.78 is 2.14. The molecular weight excluding hydrogens is 398 g/mol. The first-order valence-electron chi connectivity index (χ1n) is 9.91. The second-order valence-electron chi connectivity index (χ2n) is 7.61. The number of nitrogens with two attached hydrogens (primary N) is 1. The van der Waals surface area contributed by atoms with Gasteiger partial charge in [-0.2, -0.15) is 0 Å². The highest BCUT2D eigenvalue weighted by Crippen LogP contribution is 2.39. The van der Waals surface area contributed by atoms with Gasteiger partial charge in [-0.05, 0) is 56.1 Å². The van der Waals surface area contributed by atoms with Gasteiger partial charge in [0, 0.05) is 17.7 Å². The number of fused-ring (bicyclic) bond motifs is 1. The molecule has 0 aliphatic carbocycles. The number of amides is 1. The maximum atomic E-state index is 12.7. The van der Waals surface area contributed by atoms with Crippen LogP contribution in [-0.2, 0) is 0 Å². The van der Waals surface area contributed by atoms with Crippen LogP contribution in [0.1, 0.15) is 45.8 Å². The summed E-state index contributed by atoms with van der Waals surface area (Å²) >= 11 is 0. The van der Waals surface area contributed by atoms with Crippen LogP contribution in [0, 0.1) is 6.92 Å². The van der Waals surface area contributed by atoms with Gasteiger partial charge in [0.1, 0.15) is 5.69 Å². The lowest BCUT2D eigenvalue weighted by atomic mass is 9.97. The number of ketones is 1. The van der Waals surface area contributed by atoms with Crippen molar-refractivity contribution in [1.29, 1.82) is 0 Å². The summed E-state index contributed by atoms with van der Waals surface area (Å²) in [6.45, 7) is 4.73. The molecule has 4 rings (SSSR count). The average molecular weight is 424 g/mol. The molecule has 2 heterocycles. The van der Waals surface area contributed by atoms with Crippen LogP contribution >= 0.6 is 12.4 Å². The first-order valence-corrected chi connectivity index (χ1v) is 9.91. The zero-order valence-corrected chi connectivity index (χ0v) is 18.0. The third-order valence-corrected chi connectivity index (χ3v) is 5.50. The van der Waals surface area contributed by atoms with E-state index in [-0.39, 0.29) is 30.1 Å². The highest BCUT2D eigenvalue weighted by atomic mass is 35.5. The minimum atomic E-state index is -0.0823. The van der Waals surface area contributed by atoms with Gasteiger partial charge in [-0.3, -0.25) is 9.59 Å². The highest BCUT2D eigenvalue weighted by Gasteiger charge is 2.30. The van der Waals surface area contributed by atoms with Gasteiger partial charge >= 0.3 is 0 Å². The van der Waals surface area contributed by atoms with E-state index in [9.17, 15) is 9.59 Å². The molecular formula is C24H26ClN3O2. The molecule has 2 aromatic carbocycles. The van der Waals surface area contributed by atoms with Crippen LogP contribution in [0.15, 0.2) is 54.6 Å². The van der Waals surface area contributed by atoms with Gasteiger partial charge in [0.05, 0.1) is 11.7 Å². The number of aryl methyl sites for hydroxylation is 1. The Kier molecular flexibility index (Phi) is 6.44. The molecule has 5 nitrogen and oxygen atoms in total. The van der Waals surface area contributed by atoms with Crippen molar-refractivity contribution in [3.05, 3.63) is 71.4 Å². The monoisotopic (exact) mass is 423 g/mol. The first kappa shape index (κ1) is 21.8. The number of nitrogens with zero attached hydrogens (tertiary/aromatic N) is 1. The molecule has 1 unspecified atom stereocenters. The second-order valence-corrected chi connectivity index (χ2v) is 7.61. The van der Waals surface area contributed by atoms with Gasteiger partial charge in [0.2, 0.25) is 0 Å². The normalized spacial score (nSPS) is 15.2. The molecule has 1 aliphatic rings. The van der Waals surface area contributed by atoms with Gasteiger partial charge in [-0.15, -0.1) is 12.4 Å². The van der Waals surface area contributed by atoms with Crippen molar-refractivity contribution in [2.24, 2.45) is 5.73 Å². The molecule has 1 aliphatic heterocycles. The Morgan fingerprint density at radius 1 is 1.13 bits per heavy atom. The molecule has 1 amide bonds. The van der Waals surface area contributed by atoms with Crippen molar-refractivity contribution in [3.63, 3.8) is 0 Å². The number of hydrogen-bond donors (Lipinski definition) is 2. The van der Waals surface area contributed by atoms with E-state index in [2.05, 4.69) is 35.0 Å². The summed E-state index contributed by atoms with van der Waals surface area (Å²) in [5.74, 6) is -0.0622. The molecule has 156 valence electrons. The summed E-state index contributed by atoms with van der Waals surface area (Å²) in [7, 11) is 0.